The van der Waals surface area contributed by atoms with Crippen molar-refractivity contribution in [1.29, 1.82) is 0 Å². The Morgan fingerprint density at radius 1 is 0.226 bits per heavy atom. The Morgan fingerprint density at radius 2 is 0.396 bits per heavy atom. The van der Waals surface area contributed by atoms with Crippen molar-refractivity contribution >= 4 is 370 Å². The Labute approximate surface area is 372 Å². The molecule has 0 bridgehead atoms. The van der Waals surface area contributed by atoms with Gasteiger partial charge in [-0.3, -0.25) is 0 Å². The van der Waals surface area contributed by atoms with Gasteiger partial charge in [0.05, 0.1) is 209 Å². The summed E-state index contributed by atoms with van der Waals surface area (Å²) in [5.41, 5.74) is 0.664. The van der Waals surface area contributed by atoms with Crippen molar-refractivity contribution in [2.75, 3.05) is 0 Å². The molecular formula is CH56B52. The molecule has 0 aliphatic carbocycles. The van der Waals surface area contributed by atoms with E-state index in [1.165, 1.54) is 7.06 Å². The van der Waals surface area contributed by atoms with Crippen LogP contribution in [0.3, 0.4) is 0 Å². The van der Waals surface area contributed by atoms with Gasteiger partial charge in [-0.2, -0.15) is 0 Å². The first-order valence-electron chi connectivity index (χ1n) is 24.1. The zero-order valence-corrected chi connectivity index (χ0v) is 42.1. The van der Waals surface area contributed by atoms with Gasteiger partial charge in [0.1, 0.15) is 0 Å². The first-order valence-corrected chi connectivity index (χ1v) is 24.1. The fraction of sp³-hybridized carbons (Fsp3) is 1.00. The molecule has 0 nitrogen and oxygen atoms in total. The molecule has 0 fully saturated rings. The summed E-state index contributed by atoms with van der Waals surface area (Å²) in [5, 5.41) is 0. The SMILES string of the molecule is BBB(B(B)B)B(B(B(B)B)B(B)B)B(B(B(B)B)B(B)B)C(B(B(B(B)B)B(B)B)B(B(B)B)B(B)B)B(B(B(B)B)B(B)B)B(B(B)B)B(B)B. The second kappa shape index (κ2) is 26.0. The van der Waals surface area contributed by atoms with Gasteiger partial charge in [0.2, 0.25) is 0 Å². The van der Waals surface area contributed by atoms with E-state index in [2.05, 4.69) is 209 Å². The molecular weight excluding hydrogens is 574 g/mol. The molecule has 0 radical (unpaired) electrons. The van der Waals surface area contributed by atoms with Crippen LogP contribution in [-0.4, -0.2) is 370 Å². The molecule has 0 aromatic heterocycles. The van der Waals surface area contributed by atoms with E-state index < -0.39 is 0 Å². The van der Waals surface area contributed by atoms with Crippen molar-refractivity contribution in [3.63, 3.8) is 0 Å². The van der Waals surface area contributed by atoms with E-state index in [1.54, 1.807) is 0 Å². The summed E-state index contributed by atoms with van der Waals surface area (Å²) >= 11 is 0. The molecule has 0 aliphatic rings. The monoisotopic (exact) mass is 641 g/mol. The molecule has 0 amide bonds. The normalized spacial score (nSPS) is 9.83. The van der Waals surface area contributed by atoms with Gasteiger partial charge in [-0.1, -0.05) is 0 Å². The maximum absolute atomic E-state index is 2.64. The van der Waals surface area contributed by atoms with Crippen LogP contribution < -0.4 is 0 Å². The zero-order chi connectivity index (χ0) is 42.1. The van der Waals surface area contributed by atoms with Crippen molar-refractivity contribution in [3.05, 3.63) is 0 Å². The van der Waals surface area contributed by atoms with Gasteiger partial charge in [0, 0.05) is 161 Å². The first kappa shape index (κ1) is 56.4. The predicted octanol–water partition coefficient (Wildman–Crippen LogP) is -34.2. The van der Waals surface area contributed by atoms with E-state index in [1.807, 2.05) is 0 Å². The quantitative estimate of drug-likeness (QED) is 0.0881. The Bertz CT molecular complexity index is 799. The van der Waals surface area contributed by atoms with Crippen LogP contribution in [0.1, 0.15) is 0 Å². The topological polar surface area (TPSA) is 0 Å². The van der Waals surface area contributed by atoms with E-state index in [0.717, 1.165) is 6.39 Å². The maximum Gasteiger partial charge on any atom is 0.0593 e. The van der Waals surface area contributed by atoms with Gasteiger partial charge in [0.15, 0.2) is 0 Å². The minimum Gasteiger partial charge on any atom is -0.146 e. The molecule has 0 saturated heterocycles. The van der Waals surface area contributed by atoms with Crippen LogP contribution in [0.15, 0.2) is 0 Å². The van der Waals surface area contributed by atoms with Crippen LogP contribution in [0.5, 0.6) is 0 Å². The third-order valence-electron chi connectivity index (χ3n) is 15.5. The molecule has 0 aliphatic heterocycles. The van der Waals surface area contributed by atoms with Gasteiger partial charge < -0.3 is 0 Å². The summed E-state index contributed by atoms with van der Waals surface area (Å²) in [4.78, 5) is 0. The lowest BCUT2D eigenvalue weighted by Gasteiger charge is -2.58. The molecule has 0 spiro atoms. The van der Waals surface area contributed by atoms with Gasteiger partial charge in [-0.25, -0.2) is 0 Å². The summed E-state index contributed by atoms with van der Waals surface area (Å²) in [5.74, 6) is 0. The van der Waals surface area contributed by atoms with Crippen LogP contribution in [-0.2, 0) is 0 Å². The van der Waals surface area contributed by atoms with Crippen LogP contribution >= 0.6 is 0 Å². The van der Waals surface area contributed by atoms with Crippen molar-refractivity contribution in [2.45, 2.75) is 5.62 Å². The molecule has 0 rings (SSSR count). The summed E-state index contributed by atoms with van der Waals surface area (Å²) in [7, 11) is 72.0. The van der Waals surface area contributed by atoms with Crippen molar-refractivity contribution in [2.24, 2.45) is 0 Å². The third kappa shape index (κ3) is 15.4. The molecule has 0 heterocycles. The standard InChI is InChI=1S/CH56B52/c2-29-46(33(3)4)52(53(44(25)26)45(27)28)32(51(42(21)22)43(23)24)1(30(47(34(5)6)35(7)8)48(36(9)10)37(11)12)31(49(38(13)14)39(15)16)50(40(17)18)41(19)20/h1,29H,2-28H2. The Morgan fingerprint density at radius 3 is 0.528 bits per heavy atom. The molecule has 0 atom stereocenters. The van der Waals surface area contributed by atoms with Crippen molar-refractivity contribution < 1.29 is 0 Å². The first-order chi connectivity index (χ1) is 24.1. The summed E-state index contributed by atoms with van der Waals surface area (Å²) < 4.78 is 0. The predicted molar refractivity (Wildman–Crippen MR) is 380 cm³/mol. The van der Waals surface area contributed by atoms with E-state index in [0.29, 0.717) is 153 Å². The highest BCUT2D eigenvalue weighted by atomic mass is 13.7. The summed E-state index contributed by atoms with van der Waals surface area (Å²) in [6.45, 7) is 2.03. The lowest BCUT2D eigenvalue weighted by molar-refractivity contribution is 1.80. The lowest BCUT2D eigenvalue weighted by atomic mass is 8.34. The van der Waals surface area contributed by atoms with Crippen LogP contribution in [0.4, 0.5) is 0 Å². The largest absolute Gasteiger partial charge is 0.146 e. The average molecular weight is 631 g/mol. The average Bonchev–Trinajstić information content (AvgIpc) is 2.93. The number of hydrogen-bond acceptors (Lipinski definition) is 0. The second-order valence-corrected chi connectivity index (χ2v) is 23.6. The second-order valence-electron chi connectivity index (χ2n) is 23.6. The minimum absolute atomic E-state index is 0.650. The highest BCUT2D eigenvalue weighted by Crippen LogP contribution is 2.32. The molecule has 0 unspecified atom stereocenters. The highest BCUT2D eigenvalue weighted by Gasteiger charge is 2.61. The fourth-order valence-electron chi connectivity index (χ4n) is 15.0. The van der Waals surface area contributed by atoms with Crippen LogP contribution in [0, 0.1) is 0 Å². The maximum atomic E-state index is 2.64. The van der Waals surface area contributed by atoms with E-state index in [4.69, 9.17) is 0 Å². The molecule has 0 aromatic rings. The molecule has 216 valence electrons. The van der Waals surface area contributed by atoms with Crippen molar-refractivity contribution in [3.8, 4) is 0 Å². The van der Waals surface area contributed by atoms with Gasteiger partial charge in [-0.15, -0.1) is 5.62 Å². The summed E-state index contributed by atoms with van der Waals surface area (Å²) in [6.07, 6.45) is 14.1. The smallest absolute Gasteiger partial charge is 0.0593 e. The van der Waals surface area contributed by atoms with Crippen LogP contribution in [0.25, 0.3) is 0 Å². The Balaban J connectivity index is 9.85. The Hall–Kier alpha value is 3.38. The zero-order valence-electron chi connectivity index (χ0n) is 42.1. The third-order valence-corrected chi connectivity index (χ3v) is 15.5. The van der Waals surface area contributed by atoms with Gasteiger partial charge >= 0.3 is 0 Å². The number of hydrogen-bond donors (Lipinski definition) is 0. The molecule has 53 heavy (non-hydrogen) atoms. The lowest BCUT2D eigenvalue weighted by Crippen LogP contribution is -2.89. The number of rotatable bonds is 25. The van der Waals surface area contributed by atoms with E-state index >= 15 is 0 Å². The molecule has 0 N–H and O–H groups in total. The fourth-order valence-corrected chi connectivity index (χ4v) is 15.0. The van der Waals surface area contributed by atoms with E-state index in [-0.39, 0.29) is 0 Å². The van der Waals surface area contributed by atoms with Gasteiger partial charge in [0.25, 0.3) is 0 Å². The highest BCUT2D eigenvalue weighted by molar-refractivity contribution is 8.21. The van der Waals surface area contributed by atoms with Crippen LogP contribution in [0.2, 0.25) is 5.62 Å². The minimum atomic E-state index is 0.650. The van der Waals surface area contributed by atoms with Crippen molar-refractivity contribution in [1.82, 2.24) is 0 Å². The molecule has 0 saturated carbocycles. The van der Waals surface area contributed by atoms with E-state index in [9.17, 15) is 0 Å². The molecule has 0 aromatic carbocycles. The summed E-state index contributed by atoms with van der Waals surface area (Å²) in [6, 6.07) is 0. The van der Waals surface area contributed by atoms with Gasteiger partial charge in [-0.05, 0) is 0 Å². The Kier molecular flexibility index (Phi) is 27.6. The molecule has 52 heteroatoms.